The number of aliphatic hydroxyl groups is 1. The van der Waals surface area contributed by atoms with Crippen molar-refractivity contribution in [3.63, 3.8) is 0 Å². The summed E-state index contributed by atoms with van der Waals surface area (Å²) in [5, 5.41) is 11.7. The number of hydrogen-bond donors (Lipinski definition) is 2. The molecule has 0 aliphatic heterocycles. The van der Waals surface area contributed by atoms with Crippen LogP contribution in [0.4, 0.5) is 0 Å². The summed E-state index contributed by atoms with van der Waals surface area (Å²) < 4.78 is 0. The van der Waals surface area contributed by atoms with E-state index in [1.165, 1.54) is 12.8 Å². The summed E-state index contributed by atoms with van der Waals surface area (Å²) in [6.45, 7) is 6.34. The van der Waals surface area contributed by atoms with E-state index in [0.717, 1.165) is 19.5 Å². The normalized spacial score (nSPS) is 12.2. The fourth-order valence-corrected chi connectivity index (χ4v) is 1.83. The van der Waals surface area contributed by atoms with Gasteiger partial charge in [-0.05, 0) is 32.4 Å². The lowest BCUT2D eigenvalue weighted by Gasteiger charge is -2.20. The van der Waals surface area contributed by atoms with Gasteiger partial charge in [-0.25, -0.2) is 0 Å². The van der Waals surface area contributed by atoms with Crippen molar-refractivity contribution in [2.45, 2.75) is 39.5 Å². The van der Waals surface area contributed by atoms with Gasteiger partial charge in [0.05, 0.1) is 6.54 Å². The summed E-state index contributed by atoms with van der Waals surface area (Å²) in [7, 11) is 0. The standard InChI is InChI=1S/C17H30N2O2/c1-3-5-7-8-9-12-18-17(21)16-19(14-11-15-20)13-10-6-4-2/h3,5,7-9,12,20H,4,6,10-11,13-16H2,1-2H3,(H,18,21)/b5-3+,8-7-,12-9+. The molecular formula is C17H30N2O2. The largest absolute Gasteiger partial charge is 0.396 e. The van der Waals surface area contributed by atoms with Gasteiger partial charge in [0.25, 0.3) is 0 Å². The number of nitrogens with one attached hydrogen (secondary N) is 1. The molecule has 0 radical (unpaired) electrons. The smallest absolute Gasteiger partial charge is 0.238 e. The fraction of sp³-hybridized carbons (Fsp3) is 0.588. The van der Waals surface area contributed by atoms with Crippen LogP contribution in [0.1, 0.15) is 39.5 Å². The van der Waals surface area contributed by atoms with Gasteiger partial charge in [0.2, 0.25) is 5.91 Å². The number of allylic oxidation sites excluding steroid dienone is 5. The van der Waals surface area contributed by atoms with Crippen LogP contribution in [0.15, 0.2) is 36.6 Å². The van der Waals surface area contributed by atoms with Crippen molar-refractivity contribution in [2.75, 3.05) is 26.2 Å². The van der Waals surface area contributed by atoms with Gasteiger partial charge < -0.3 is 10.4 Å². The van der Waals surface area contributed by atoms with Gasteiger partial charge >= 0.3 is 0 Å². The van der Waals surface area contributed by atoms with Crippen LogP contribution in [0.2, 0.25) is 0 Å². The maximum absolute atomic E-state index is 11.8. The van der Waals surface area contributed by atoms with Gasteiger partial charge in [-0.1, -0.05) is 44.1 Å². The van der Waals surface area contributed by atoms with Crippen LogP contribution in [-0.4, -0.2) is 42.2 Å². The van der Waals surface area contributed by atoms with Gasteiger partial charge in [0.15, 0.2) is 0 Å². The van der Waals surface area contributed by atoms with Crippen LogP contribution in [0.5, 0.6) is 0 Å². The Bertz CT molecular complexity index is 336. The predicted octanol–water partition coefficient (Wildman–Crippen LogP) is 2.62. The van der Waals surface area contributed by atoms with Crippen LogP contribution in [0, 0.1) is 0 Å². The van der Waals surface area contributed by atoms with E-state index in [-0.39, 0.29) is 12.5 Å². The topological polar surface area (TPSA) is 52.6 Å². The Hall–Kier alpha value is -1.39. The van der Waals surface area contributed by atoms with Gasteiger partial charge in [-0.3, -0.25) is 9.69 Å². The number of carbonyl (C=O) groups excluding carboxylic acids is 1. The molecule has 0 aliphatic rings. The Morgan fingerprint density at radius 3 is 2.48 bits per heavy atom. The first-order valence-corrected chi connectivity index (χ1v) is 7.81. The second-order valence-corrected chi connectivity index (χ2v) is 4.90. The molecule has 0 atom stereocenters. The second kappa shape index (κ2) is 15.0. The number of nitrogens with zero attached hydrogens (tertiary/aromatic N) is 1. The Labute approximate surface area is 129 Å². The van der Waals surface area contributed by atoms with Crippen LogP contribution in [0.25, 0.3) is 0 Å². The van der Waals surface area contributed by atoms with E-state index in [4.69, 9.17) is 5.11 Å². The van der Waals surface area contributed by atoms with Crippen molar-refractivity contribution in [2.24, 2.45) is 0 Å². The summed E-state index contributed by atoms with van der Waals surface area (Å²) in [5.41, 5.74) is 0. The average Bonchev–Trinajstić information content (AvgIpc) is 2.48. The molecule has 4 heteroatoms. The molecule has 2 N–H and O–H groups in total. The van der Waals surface area contributed by atoms with E-state index in [0.29, 0.717) is 13.0 Å². The number of hydrogen-bond acceptors (Lipinski definition) is 3. The lowest BCUT2D eigenvalue weighted by molar-refractivity contribution is -0.121. The van der Waals surface area contributed by atoms with E-state index in [9.17, 15) is 4.79 Å². The predicted molar refractivity (Wildman–Crippen MR) is 88.9 cm³/mol. The third-order valence-corrected chi connectivity index (χ3v) is 2.94. The van der Waals surface area contributed by atoms with Gasteiger partial charge in [0, 0.05) is 19.4 Å². The molecule has 0 fully saturated rings. The third kappa shape index (κ3) is 13.4. The molecule has 0 saturated heterocycles. The first kappa shape index (κ1) is 19.6. The second-order valence-electron chi connectivity index (χ2n) is 4.90. The van der Waals surface area contributed by atoms with Crippen LogP contribution < -0.4 is 5.32 Å². The van der Waals surface area contributed by atoms with Crippen molar-refractivity contribution < 1.29 is 9.90 Å². The minimum Gasteiger partial charge on any atom is -0.396 e. The number of aliphatic hydroxyl groups excluding tert-OH is 1. The van der Waals surface area contributed by atoms with Crippen LogP contribution >= 0.6 is 0 Å². The Morgan fingerprint density at radius 2 is 1.81 bits per heavy atom. The first-order chi connectivity index (χ1) is 10.2. The highest BCUT2D eigenvalue weighted by Crippen LogP contribution is 1.99. The molecule has 21 heavy (non-hydrogen) atoms. The highest BCUT2D eigenvalue weighted by Gasteiger charge is 2.08. The van der Waals surface area contributed by atoms with E-state index >= 15 is 0 Å². The average molecular weight is 294 g/mol. The van der Waals surface area contributed by atoms with Crippen molar-refractivity contribution in [3.05, 3.63) is 36.6 Å². The molecule has 0 heterocycles. The van der Waals surface area contributed by atoms with Crippen LogP contribution in [-0.2, 0) is 4.79 Å². The summed E-state index contributed by atoms with van der Waals surface area (Å²) in [4.78, 5) is 13.9. The van der Waals surface area contributed by atoms with Gasteiger partial charge in [-0.2, -0.15) is 0 Å². The third-order valence-electron chi connectivity index (χ3n) is 2.94. The summed E-state index contributed by atoms with van der Waals surface area (Å²) in [6, 6.07) is 0. The molecule has 4 nitrogen and oxygen atoms in total. The molecule has 0 aliphatic carbocycles. The number of rotatable bonds is 12. The van der Waals surface area contributed by atoms with Gasteiger partial charge in [0.1, 0.15) is 0 Å². The Morgan fingerprint density at radius 1 is 1.10 bits per heavy atom. The Balaban J connectivity index is 4.06. The minimum atomic E-state index is -0.0138. The molecular weight excluding hydrogens is 264 g/mol. The van der Waals surface area contributed by atoms with Crippen molar-refractivity contribution >= 4 is 5.91 Å². The minimum absolute atomic E-state index is 0.0138. The summed E-state index contributed by atoms with van der Waals surface area (Å²) in [5.74, 6) is -0.0138. The van der Waals surface area contributed by atoms with E-state index in [2.05, 4.69) is 17.1 Å². The lowest BCUT2D eigenvalue weighted by atomic mass is 10.2. The molecule has 0 unspecified atom stereocenters. The molecule has 0 rings (SSSR count). The zero-order chi connectivity index (χ0) is 15.8. The van der Waals surface area contributed by atoms with Crippen molar-refractivity contribution in [3.8, 4) is 0 Å². The first-order valence-electron chi connectivity index (χ1n) is 7.81. The van der Waals surface area contributed by atoms with E-state index in [1.54, 1.807) is 12.3 Å². The Kier molecular flexibility index (Phi) is 14.0. The molecule has 0 aromatic heterocycles. The quantitative estimate of drug-likeness (QED) is 0.430. The van der Waals surface area contributed by atoms with Crippen LogP contribution in [0.3, 0.4) is 0 Å². The monoisotopic (exact) mass is 294 g/mol. The van der Waals surface area contributed by atoms with Crippen molar-refractivity contribution in [1.82, 2.24) is 10.2 Å². The van der Waals surface area contributed by atoms with Crippen molar-refractivity contribution in [1.29, 1.82) is 0 Å². The molecule has 0 spiro atoms. The molecule has 0 aromatic carbocycles. The fourth-order valence-electron chi connectivity index (χ4n) is 1.83. The maximum Gasteiger partial charge on any atom is 0.238 e. The number of amides is 1. The molecule has 0 aromatic rings. The highest BCUT2D eigenvalue weighted by atomic mass is 16.3. The molecule has 1 amide bonds. The SMILES string of the molecule is C/C=C/C=C\C=C\NC(=O)CN(CCCO)CCCCC. The lowest BCUT2D eigenvalue weighted by Crippen LogP contribution is -2.36. The summed E-state index contributed by atoms with van der Waals surface area (Å²) in [6.07, 6.45) is 15.2. The zero-order valence-corrected chi connectivity index (χ0v) is 13.4. The maximum atomic E-state index is 11.8. The molecule has 0 bridgehead atoms. The number of unbranched alkanes of at least 4 members (excludes halogenated alkanes) is 2. The van der Waals surface area contributed by atoms with E-state index in [1.807, 2.05) is 31.2 Å². The molecule has 0 saturated carbocycles. The number of carbonyl (C=O) groups is 1. The van der Waals surface area contributed by atoms with E-state index < -0.39 is 0 Å². The highest BCUT2D eigenvalue weighted by molar-refractivity contribution is 5.79. The zero-order valence-electron chi connectivity index (χ0n) is 13.4. The summed E-state index contributed by atoms with van der Waals surface area (Å²) >= 11 is 0. The molecule has 120 valence electrons. The van der Waals surface area contributed by atoms with Gasteiger partial charge in [-0.15, -0.1) is 0 Å².